The molecule has 6 heteroatoms. The minimum Gasteiger partial charge on any atom is -0.385 e. The standard InChI is InChI=1S/C28H34N2O4/c1-24(2)23-19(31)14-20-27(32)12-11-26(30(4)5)15-17-16-8-6-7-9-18(16)29-21(17)22(26)25(27,3)10-13-28(20,33-23)34-24/h6-9,14,22-23,29,32H,10-13,15H2,1-5H3/t22?,23?,25?,26?,27-,28?/m1/s1. The number of fused-ring (bicyclic) bond motifs is 9. The summed E-state index contributed by atoms with van der Waals surface area (Å²) < 4.78 is 12.9. The molecule has 5 unspecified atom stereocenters. The van der Waals surface area contributed by atoms with Gasteiger partial charge in [-0.25, -0.2) is 0 Å². The average molecular weight is 463 g/mol. The van der Waals surface area contributed by atoms with Gasteiger partial charge in [-0.15, -0.1) is 0 Å². The number of H-pyrrole nitrogens is 1. The molecule has 0 radical (unpaired) electrons. The third kappa shape index (κ3) is 2.16. The molecule has 2 aromatic rings. The number of ether oxygens (including phenoxy) is 2. The van der Waals surface area contributed by atoms with Crippen LogP contribution in [0.25, 0.3) is 10.9 Å². The van der Waals surface area contributed by atoms with Crippen molar-refractivity contribution < 1.29 is 19.4 Å². The Hall–Kier alpha value is -1.99. The molecule has 2 N–H and O–H groups in total. The van der Waals surface area contributed by atoms with E-state index in [0.29, 0.717) is 18.4 Å². The number of nitrogens with one attached hydrogen (secondary N) is 1. The van der Waals surface area contributed by atoms with Crippen molar-refractivity contribution in [2.45, 2.75) is 87.4 Å². The molecule has 1 spiro atoms. The van der Waals surface area contributed by atoms with Crippen LogP contribution in [0.1, 0.15) is 63.6 Å². The molecule has 0 amide bonds. The number of rotatable bonds is 1. The SMILES string of the molecule is CN(C)C12CC[C@@]3(O)C4=CC(=O)C5OC4(CCC3(C)C1c1[nH]c3ccccc3c1C2)OC5(C)C. The first-order valence-electron chi connectivity index (χ1n) is 12.6. The number of ketones is 1. The molecule has 6 nitrogen and oxygen atoms in total. The van der Waals surface area contributed by atoms with E-state index in [1.165, 1.54) is 16.6 Å². The Bertz CT molecular complexity index is 1290. The first kappa shape index (κ1) is 21.3. The minimum absolute atomic E-state index is 0.0882. The van der Waals surface area contributed by atoms with Crippen LogP contribution in [-0.4, -0.2) is 63.5 Å². The highest BCUT2D eigenvalue weighted by molar-refractivity contribution is 5.97. The third-order valence-corrected chi connectivity index (χ3v) is 10.3. The molecule has 3 heterocycles. The number of carbonyl (C=O) groups is 1. The van der Waals surface area contributed by atoms with Crippen LogP contribution in [0.3, 0.4) is 0 Å². The summed E-state index contributed by atoms with van der Waals surface area (Å²) in [6, 6.07) is 8.53. The summed E-state index contributed by atoms with van der Waals surface area (Å²) in [4.78, 5) is 19.3. The second-order valence-electron chi connectivity index (χ2n) is 12.4. The molecule has 5 aliphatic rings. The molecule has 3 fully saturated rings. The van der Waals surface area contributed by atoms with Gasteiger partial charge in [-0.05, 0) is 71.3 Å². The fourth-order valence-corrected chi connectivity index (χ4v) is 8.62. The molecule has 2 saturated carbocycles. The summed E-state index contributed by atoms with van der Waals surface area (Å²) in [6.07, 6.45) is 4.85. The third-order valence-electron chi connectivity index (χ3n) is 10.3. The number of nitrogens with zero attached hydrogens (tertiary/aromatic N) is 1. The van der Waals surface area contributed by atoms with Gasteiger partial charge in [0.15, 0.2) is 17.7 Å². The number of benzene rings is 1. The van der Waals surface area contributed by atoms with E-state index in [1.54, 1.807) is 6.08 Å². The maximum absolute atomic E-state index is 13.1. The number of aromatic amines is 1. The molecule has 3 aliphatic carbocycles. The van der Waals surface area contributed by atoms with E-state index in [2.05, 4.69) is 55.2 Å². The van der Waals surface area contributed by atoms with Gasteiger partial charge in [-0.1, -0.05) is 25.1 Å². The first-order valence-corrected chi connectivity index (χ1v) is 12.6. The van der Waals surface area contributed by atoms with Crippen molar-refractivity contribution in [1.82, 2.24) is 9.88 Å². The van der Waals surface area contributed by atoms with Gasteiger partial charge in [0.2, 0.25) is 0 Å². The van der Waals surface area contributed by atoms with Crippen LogP contribution >= 0.6 is 0 Å². The van der Waals surface area contributed by atoms with Crippen molar-refractivity contribution in [1.29, 1.82) is 0 Å². The van der Waals surface area contributed by atoms with Crippen molar-refractivity contribution in [3.8, 4) is 0 Å². The van der Waals surface area contributed by atoms with Crippen LogP contribution in [0.15, 0.2) is 35.9 Å². The lowest BCUT2D eigenvalue weighted by molar-refractivity contribution is -0.243. The summed E-state index contributed by atoms with van der Waals surface area (Å²) in [5.41, 5.74) is 1.97. The molecule has 2 bridgehead atoms. The Balaban J connectivity index is 1.44. The molecular formula is C28H34N2O4. The summed E-state index contributed by atoms with van der Waals surface area (Å²) in [5.74, 6) is -0.999. The van der Waals surface area contributed by atoms with Crippen molar-refractivity contribution in [3.63, 3.8) is 0 Å². The zero-order chi connectivity index (χ0) is 23.9. The van der Waals surface area contributed by atoms with Crippen molar-refractivity contribution >= 4 is 16.7 Å². The Morgan fingerprint density at radius 2 is 1.85 bits per heavy atom. The lowest BCUT2D eigenvalue weighted by Crippen LogP contribution is -2.69. The monoisotopic (exact) mass is 462 g/mol. The van der Waals surface area contributed by atoms with Crippen molar-refractivity contribution in [3.05, 3.63) is 47.2 Å². The summed E-state index contributed by atoms with van der Waals surface area (Å²) >= 11 is 0. The summed E-state index contributed by atoms with van der Waals surface area (Å²) in [6.45, 7) is 6.08. The minimum atomic E-state index is -1.19. The second kappa shape index (κ2) is 6.04. The maximum Gasteiger partial charge on any atom is 0.195 e. The molecule has 1 aromatic carbocycles. The molecule has 180 valence electrons. The lowest BCUT2D eigenvalue weighted by atomic mass is 9.46. The van der Waals surface area contributed by atoms with Gasteiger partial charge in [0.05, 0.1) is 5.60 Å². The predicted molar refractivity (Wildman–Crippen MR) is 129 cm³/mol. The number of hydrogen-bond acceptors (Lipinski definition) is 5. The van der Waals surface area contributed by atoms with Crippen LogP contribution < -0.4 is 0 Å². The van der Waals surface area contributed by atoms with E-state index < -0.39 is 28.5 Å². The van der Waals surface area contributed by atoms with E-state index >= 15 is 0 Å². The Kier molecular flexibility index (Phi) is 3.78. The maximum atomic E-state index is 13.1. The number of aromatic nitrogens is 1. The Morgan fingerprint density at radius 1 is 1.09 bits per heavy atom. The number of aliphatic hydroxyl groups is 1. The van der Waals surface area contributed by atoms with Gasteiger partial charge in [0.1, 0.15) is 5.60 Å². The smallest absolute Gasteiger partial charge is 0.195 e. The van der Waals surface area contributed by atoms with Crippen molar-refractivity contribution in [2.24, 2.45) is 5.41 Å². The molecule has 6 atom stereocenters. The van der Waals surface area contributed by atoms with Crippen LogP contribution in [0.2, 0.25) is 0 Å². The summed E-state index contributed by atoms with van der Waals surface area (Å²) in [5, 5.41) is 14.0. The highest BCUT2D eigenvalue weighted by Gasteiger charge is 2.74. The molecule has 2 aliphatic heterocycles. The lowest BCUT2D eigenvalue weighted by Gasteiger charge is -2.65. The normalized spacial score (nSPS) is 44.0. The number of likely N-dealkylation sites (N-methyl/N-ethyl adjacent to an activating group) is 1. The highest BCUT2D eigenvalue weighted by Crippen LogP contribution is 2.71. The van der Waals surface area contributed by atoms with Gasteiger partial charge in [0.25, 0.3) is 0 Å². The first-order chi connectivity index (χ1) is 16.0. The van der Waals surface area contributed by atoms with Crippen molar-refractivity contribution in [2.75, 3.05) is 14.1 Å². The Labute approximate surface area is 200 Å². The van der Waals surface area contributed by atoms with Gasteiger partial charge in [-0.3, -0.25) is 4.79 Å². The van der Waals surface area contributed by atoms with E-state index in [9.17, 15) is 9.90 Å². The number of hydrogen-bond donors (Lipinski definition) is 2. The predicted octanol–water partition coefficient (Wildman–Crippen LogP) is 3.83. The second-order valence-corrected chi connectivity index (χ2v) is 12.4. The Morgan fingerprint density at radius 3 is 2.62 bits per heavy atom. The molecule has 34 heavy (non-hydrogen) atoms. The molecular weight excluding hydrogens is 428 g/mol. The quantitative estimate of drug-likeness (QED) is 0.674. The van der Waals surface area contributed by atoms with E-state index in [-0.39, 0.29) is 17.2 Å². The van der Waals surface area contributed by atoms with Crippen LogP contribution in [-0.2, 0) is 20.7 Å². The van der Waals surface area contributed by atoms with Crippen LogP contribution in [0.5, 0.6) is 0 Å². The number of carbonyl (C=O) groups excluding carboxylic acids is 1. The molecule has 1 aromatic heterocycles. The van der Waals surface area contributed by atoms with E-state index in [4.69, 9.17) is 9.47 Å². The van der Waals surface area contributed by atoms with Gasteiger partial charge < -0.3 is 24.5 Å². The van der Waals surface area contributed by atoms with Gasteiger partial charge in [-0.2, -0.15) is 0 Å². The highest BCUT2D eigenvalue weighted by atomic mass is 16.8. The van der Waals surface area contributed by atoms with E-state index in [0.717, 1.165) is 24.8 Å². The number of para-hydroxylation sites is 1. The van der Waals surface area contributed by atoms with Crippen LogP contribution in [0.4, 0.5) is 0 Å². The van der Waals surface area contributed by atoms with Gasteiger partial charge in [0, 0.05) is 45.5 Å². The fraction of sp³-hybridized carbons (Fsp3) is 0.607. The van der Waals surface area contributed by atoms with E-state index in [1.807, 2.05) is 13.8 Å². The fourth-order valence-electron chi connectivity index (χ4n) is 8.62. The molecule has 1 saturated heterocycles. The summed E-state index contributed by atoms with van der Waals surface area (Å²) in [7, 11) is 4.36. The topological polar surface area (TPSA) is 74.8 Å². The van der Waals surface area contributed by atoms with Crippen LogP contribution in [0, 0.1) is 5.41 Å². The van der Waals surface area contributed by atoms with Gasteiger partial charge >= 0.3 is 0 Å². The largest absolute Gasteiger partial charge is 0.385 e. The zero-order valence-electron chi connectivity index (χ0n) is 20.7. The molecule has 7 rings (SSSR count). The average Bonchev–Trinajstić information content (AvgIpc) is 3.37. The zero-order valence-corrected chi connectivity index (χ0v) is 20.7.